The van der Waals surface area contributed by atoms with Gasteiger partial charge in [-0.3, -0.25) is 9.78 Å². The van der Waals surface area contributed by atoms with E-state index in [0.717, 1.165) is 65.5 Å². The van der Waals surface area contributed by atoms with E-state index in [1.54, 1.807) is 13.3 Å². The molecule has 0 amide bonds. The summed E-state index contributed by atoms with van der Waals surface area (Å²) in [5.74, 6) is 1.69. The molecule has 0 unspecified atom stereocenters. The third kappa shape index (κ3) is 7.84. The van der Waals surface area contributed by atoms with Gasteiger partial charge >= 0.3 is 5.97 Å². The van der Waals surface area contributed by atoms with E-state index < -0.39 is 12.1 Å². The number of rotatable bonds is 12. The van der Waals surface area contributed by atoms with Crippen molar-refractivity contribution in [2.24, 2.45) is 11.8 Å². The number of aromatic nitrogens is 1. The van der Waals surface area contributed by atoms with Crippen molar-refractivity contribution < 1.29 is 19.7 Å². The summed E-state index contributed by atoms with van der Waals surface area (Å²) >= 11 is 7.80. The Morgan fingerprint density at radius 2 is 2.00 bits per heavy atom. The van der Waals surface area contributed by atoms with Gasteiger partial charge in [0.2, 0.25) is 0 Å². The van der Waals surface area contributed by atoms with Crippen molar-refractivity contribution in [2.45, 2.75) is 43.1 Å². The first-order valence-electron chi connectivity index (χ1n) is 12.9. The number of pyridine rings is 1. The molecule has 6 nitrogen and oxygen atoms in total. The van der Waals surface area contributed by atoms with E-state index in [-0.39, 0.29) is 6.42 Å². The van der Waals surface area contributed by atoms with Crippen molar-refractivity contribution in [3.63, 3.8) is 0 Å². The van der Waals surface area contributed by atoms with E-state index in [0.29, 0.717) is 24.7 Å². The molecule has 1 saturated heterocycles. The largest absolute Gasteiger partial charge is 0.497 e. The molecule has 2 N–H and O–H groups in total. The summed E-state index contributed by atoms with van der Waals surface area (Å²) in [7, 11) is 1.63. The van der Waals surface area contributed by atoms with E-state index in [4.69, 9.17) is 16.3 Å². The molecular weight excluding hydrogens is 508 g/mol. The molecule has 198 valence electrons. The number of aliphatic hydroxyl groups excluding tert-OH is 1. The number of fused-ring (bicyclic) bond motifs is 1. The van der Waals surface area contributed by atoms with Crippen LogP contribution in [0.5, 0.6) is 5.75 Å². The maximum absolute atomic E-state index is 11.3. The van der Waals surface area contributed by atoms with Crippen LogP contribution in [0.3, 0.4) is 0 Å². The monoisotopic (exact) mass is 542 g/mol. The number of carboxylic acid groups (broad SMARTS) is 1. The minimum atomic E-state index is -0.744. The standard InChI is InChI=1S/C29H35ClN2O4S/c1-36-23-6-9-27-26(18-23)25(12-14-31-27)28(33)10-2-20-13-15-32(19-21(20)3-11-29(34)35)16-17-37-24-7-4-22(30)5-8-24/h4-9,12,14,18,20-21,28,33H,2-3,10-11,13,15-17,19H2,1H3,(H,34,35)/t20-,21-,28-/m1/s1. The van der Waals surface area contributed by atoms with Gasteiger partial charge in [-0.1, -0.05) is 11.6 Å². The zero-order chi connectivity index (χ0) is 26.2. The lowest BCUT2D eigenvalue weighted by Gasteiger charge is -2.39. The second-order valence-corrected chi connectivity index (χ2v) is 11.3. The average molecular weight is 543 g/mol. The fourth-order valence-electron chi connectivity index (χ4n) is 5.29. The summed E-state index contributed by atoms with van der Waals surface area (Å²) in [5.41, 5.74) is 1.70. The number of hydrogen-bond donors (Lipinski definition) is 2. The zero-order valence-electron chi connectivity index (χ0n) is 21.2. The van der Waals surface area contributed by atoms with Crippen molar-refractivity contribution in [3.8, 4) is 5.75 Å². The average Bonchev–Trinajstić information content (AvgIpc) is 2.91. The molecule has 2 heterocycles. The number of likely N-dealkylation sites (tertiary alicyclic amines) is 1. The number of ether oxygens (including phenoxy) is 1. The van der Waals surface area contributed by atoms with Crippen LogP contribution in [0.4, 0.5) is 0 Å². The van der Waals surface area contributed by atoms with Crippen LogP contribution in [0.25, 0.3) is 10.9 Å². The molecule has 1 aliphatic heterocycles. The minimum Gasteiger partial charge on any atom is -0.497 e. The zero-order valence-corrected chi connectivity index (χ0v) is 22.8. The van der Waals surface area contributed by atoms with E-state index in [2.05, 4.69) is 9.88 Å². The van der Waals surface area contributed by atoms with E-state index in [9.17, 15) is 15.0 Å². The molecule has 0 aliphatic carbocycles. The van der Waals surface area contributed by atoms with Crippen molar-refractivity contribution in [1.82, 2.24) is 9.88 Å². The first-order chi connectivity index (χ1) is 17.9. The van der Waals surface area contributed by atoms with Gasteiger partial charge in [-0.05, 0) is 98.2 Å². The Labute approximate surface area is 228 Å². The second kappa shape index (κ2) is 13.5. The van der Waals surface area contributed by atoms with Gasteiger partial charge in [-0.25, -0.2) is 0 Å². The number of aliphatic carboxylic acids is 1. The van der Waals surface area contributed by atoms with Gasteiger partial charge < -0.3 is 19.8 Å². The van der Waals surface area contributed by atoms with Gasteiger partial charge in [0.25, 0.3) is 0 Å². The van der Waals surface area contributed by atoms with Crippen LogP contribution in [-0.2, 0) is 4.79 Å². The lowest BCUT2D eigenvalue weighted by atomic mass is 9.79. The van der Waals surface area contributed by atoms with Crippen LogP contribution in [0.1, 0.15) is 43.8 Å². The molecule has 3 aromatic rings. The normalized spacial score (nSPS) is 19.1. The van der Waals surface area contributed by atoms with Crippen LogP contribution in [0, 0.1) is 11.8 Å². The van der Waals surface area contributed by atoms with Crippen molar-refractivity contribution in [3.05, 3.63) is 65.3 Å². The lowest BCUT2D eigenvalue weighted by Crippen LogP contribution is -2.41. The maximum Gasteiger partial charge on any atom is 0.303 e. The number of aliphatic hydroxyl groups is 1. The van der Waals surface area contributed by atoms with E-state index in [1.165, 1.54) is 4.90 Å². The smallest absolute Gasteiger partial charge is 0.303 e. The Morgan fingerprint density at radius 3 is 2.76 bits per heavy atom. The molecule has 0 spiro atoms. The van der Waals surface area contributed by atoms with Gasteiger partial charge in [0.1, 0.15) is 5.75 Å². The molecule has 0 bridgehead atoms. The molecule has 8 heteroatoms. The Hall–Kier alpha value is -2.32. The van der Waals surface area contributed by atoms with Gasteiger partial charge in [0.05, 0.1) is 18.7 Å². The number of carboxylic acids is 1. The number of hydrogen-bond acceptors (Lipinski definition) is 6. The predicted octanol–water partition coefficient (Wildman–Crippen LogP) is 6.31. The molecule has 4 rings (SSSR count). The lowest BCUT2D eigenvalue weighted by molar-refractivity contribution is -0.137. The van der Waals surface area contributed by atoms with Gasteiger partial charge in [0.15, 0.2) is 0 Å². The van der Waals surface area contributed by atoms with Gasteiger partial charge in [-0.15, -0.1) is 11.8 Å². The Balaban J connectivity index is 1.34. The second-order valence-electron chi connectivity index (χ2n) is 9.72. The molecule has 2 aromatic carbocycles. The topological polar surface area (TPSA) is 82.9 Å². The fourth-order valence-corrected chi connectivity index (χ4v) is 6.33. The number of methoxy groups -OCH3 is 1. The molecule has 0 radical (unpaired) electrons. The summed E-state index contributed by atoms with van der Waals surface area (Å²) in [4.78, 5) is 19.4. The number of thioether (sulfide) groups is 1. The summed E-state index contributed by atoms with van der Waals surface area (Å²) < 4.78 is 5.37. The number of nitrogens with zero attached hydrogens (tertiary/aromatic N) is 2. The fraction of sp³-hybridized carbons (Fsp3) is 0.448. The van der Waals surface area contributed by atoms with Crippen LogP contribution >= 0.6 is 23.4 Å². The highest BCUT2D eigenvalue weighted by atomic mass is 35.5. The van der Waals surface area contributed by atoms with Crippen LogP contribution in [-0.4, -0.2) is 58.6 Å². The summed E-state index contributed by atoms with van der Waals surface area (Å²) in [6.45, 7) is 2.88. The van der Waals surface area contributed by atoms with Gasteiger partial charge in [0, 0.05) is 46.8 Å². The number of piperidine rings is 1. The summed E-state index contributed by atoms with van der Waals surface area (Å²) in [5, 5.41) is 22.1. The van der Waals surface area contributed by atoms with Crippen molar-refractivity contribution in [2.75, 3.05) is 32.5 Å². The predicted molar refractivity (Wildman–Crippen MR) is 150 cm³/mol. The summed E-state index contributed by atoms with van der Waals surface area (Å²) in [6, 6.07) is 15.5. The highest BCUT2D eigenvalue weighted by molar-refractivity contribution is 7.99. The quantitative estimate of drug-likeness (QED) is 0.260. The third-order valence-corrected chi connectivity index (χ3v) is 8.59. The number of halogens is 1. The first kappa shape index (κ1) is 27.7. The van der Waals surface area contributed by atoms with Crippen molar-refractivity contribution >= 4 is 40.2 Å². The molecule has 1 aromatic heterocycles. The number of carbonyl (C=O) groups is 1. The first-order valence-corrected chi connectivity index (χ1v) is 14.2. The third-order valence-electron chi connectivity index (χ3n) is 7.35. The molecule has 1 aliphatic rings. The van der Waals surface area contributed by atoms with Crippen LogP contribution < -0.4 is 4.74 Å². The Kier molecular flexibility index (Phi) is 10.1. The van der Waals surface area contributed by atoms with Crippen LogP contribution in [0.2, 0.25) is 5.02 Å². The highest BCUT2D eigenvalue weighted by Gasteiger charge is 2.30. The Bertz CT molecular complexity index is 1180. The van der Waals surface area contributed by atoms with Crippen molar-refractivity contribution in [1.29, 1.82) is 0 Å². The van der Waals surface area contributed by atoms with E-state index in [1.807, 2.05) is 60.3 Å². The molecule has 3 atom stereocenters. The minimum absolute atomic E-state index is 0.186. The maximum atomic E-state index is 11.3. The molecule has 37 heavy (non-hydrogen) atoms. The number of benzene rings is 2. The van der Waals surface area contributed by atoms with Crippen LogP contribution in [0.15, 0.2) is 59.6 Å². The molecule has 0 saturated carbocycles. The molecular formula is C29H35ClN2O4S. The highest BCUT2D eigenvalue weighted by Crippen LogP contribution is 2.35. The SMILES string of the molecule is COc1ccc2nccc([C@H](O)CC[C@@H]3CCN(CCSc4ccc(Cl)cc4)C[C@H]3CCC(=O)O)c2c1. The van der Waals surface area contributed by atoms with E-state index >= 15 is 0 Å². The summed E-state index contributed by atoms with van der Waals surface area (Å²) in [6.07, 6.45) is 4.52. The Morgan fingerprint density at radius 1 is 1.19 bits per heavy atom. The molecule has 1 fully saturated rings. The van der Waals surface area contributed by atoms with Gasteiger partial charge in [-0.2, -0.15) is 0 Å².